The molecule has 0 aliphatic heterocycles. The number of hydrogen-bond donors (Lipinski definition) is 1. The second kappa shape index (κ2) is 6.84. The lowest BCUT2D eigenvalue weighted by molar-refractivity contribution is 0.351. The number of nitrogens with zero attached hydrogens (tertiary/aromatic N) is 2. The van der Waals surface area contributed by atoms with E-state index in [9.17, 15) is 8.42 Å². The third-order valence-corrected chi connectivity index (χ3v) is 3.60. The summed E-state index contributed by atoms with van der Waals surface area (Å²) in [5.74, 6) is 1.13. The molecule has 7 heteroatoms. The number of aromatic nitrogens is 2. The molecule has 0 bridgehead atoms. The minimum Gasteiger partial charge on any atom is -0.339 e. The van der Waals surface area contributed by atoms with Crippen LogP contribution < -0.4 is 5.73 Å². The van der Waals surface area contributed by atoms with Gasteiger partial charge in [0.2, 0.25) is 5.89 Å². The van der Waals surface area contributed by atoms with Crippen LogP contribution >= 0.6 is 0 Å². The maximum Gasteiger partial charge on any atom is 0.226 e. The van der Waals surface area contributed by atoms with Gasteiger partial charge >= 0.3 is 0 Å². The lowest BCUT2D eigenvalue weighted by atomic mass is 9.97. The molecular formula is C11H21N3O3S. The summed E-state index contributed by atoms with van der Waals surface area (Å²) >= 11 is 0. The monoisotopic (exact) mass is 275 g/mol. The highest BCUT2D eigenvalue weighted by Crippen LogP contribution is 2.15. The molecule has 0 spiro atoms. The molecule has 1 rings (SSSR count). The Morgan fingerprint density at radius 3 is 2.67 bits per heavy atom. The molecule has 1 aromatic heterocycles. The molecule has 18 heavy (non-hydrogen) atoms. The predicted octanol–water partition coefficient (Wildman–Crippen LogP) is 0.922. The van der Waals surface area contributed by atoms with Gasteiger partial charge in [-0.15, -0.1) is 0 Å². The summed E-state index contributed by atoms with van der Waals surface area (Å²) in [5.41, 5.74) is 5.53. The van der Waals surface area contributed by atoms with Crippen LogP contribution in [-0.4, -0.2) is 31.4 Å². The Morgan fingerprint density at radius 2 is 2.11 bits per heavy atom. The first-order valence-corrected chi connectivity index (χ1v) is 8.20. The van der Waals surface area contributed by atoms with Crippen molar-refractivity contribution in [3.63, 3.8) is 0 Å². The fraction of sp³-hybridized carbons (Fsp3) is 0.818. The van der Waals surface area contributed by atoms with Gasteiger partial charge in [-0.1, -0.05) is 18.5 Å². The fourth-order valence-corrected chi connectivity index (χ4v) is 2.39. The van der Waals surface area contributed by atoms with E-state index < -0.39 is 9.84 Å². The van der Waals surface area contributed by atoms with Crippen molar-refractivity contribution in [1.29, 1.82) is 0 Å². The smallest absolute Gasteiger partial charge is 0.226 e. The van der Waals surface area contributed by atoms with Crippen LogP contribution in [0.1, 0.15) is 37.9 Å². The van der Waals surface area contributed by atoms with Crippen molar-refractivity contribution in [2.45, 2.75) is 38.4 Å². The van der Waals surface area contributed by atoms with E-state index in [4.69, 9.17) is 10.3 Å². The molecule has 0 aromatic carbocycles. The van der Waals surface area contributed by atoms with Gasteiger partial charge in [-0.2, -0.15) is 4.98 Å². The Labute approximate surface area is 108 Å². The third-order valence-electron chi connectivity index (χ3n) is 2.82. The number of rotatable bonds is 8. The molecule has 104 valence electrons. The van der Waals surface area contributed by atoms with Crippen molar-refractivity contribution in [2.24, 2.45) is 11.7 Å². The molecule has 0 aliphatic rings. The Kier molecular flexibility index (Phi) is 5.74. The maximum absolute atomic E-state index is 11.1. The average Bonchev–Trinajstić information content (AvgIpc) is 2.69. The molecule has 0 saturated carbocycles. The zero-order valence-corrected chi connectivity index (χ0v) is 11.7. The standard InChI is InChI=1S/C11H21N3O3S/c1-3-9(6-7-12)4-5-11-13-10(14-17-11)8-18(2,15)16/h9H,3-8,12H2,1-2H3. The van der Waals surface area contributed by atoms with E-state index in [1.54, 1.807) is 0 Å². The first-order chi connectivity index (χ1) is 8.44. The molecule has 2 N–H and O–H groups in total. The van der Waals surface area contributed by atoms with E-state index in [2.05, 4.69) is 17.1 Å². The van der Waals surface area contributed by atoms with Gasteiger partial charge in [-0.25, -0.2) is 8.42 Å². The first kappa shape index (κ1) is 15.1. The molecular weight excluding hydrogens is 254 g/mol. The van der Waals surface area contributed by atoms with Crippen molar-refractivity contribution >= 4 is 9.84 Å². The number of sulfone groups is 1. The molecule has 0 amide bonds. The summed E-state index contributed by atoms with van der Waals surface area (Å²) in [7, 11) is -3.11. The van der Waals surface area contributed by atoms with Gasteiger partial charge < -0.3 is 10.3 Å². The van der Waals surface area contributed by atoms with Gasteiger partial charge in [0, 0.05) is 12.7 Å². The van der Waals surface area contributed by atoms with Crippen molar-refractivity contribution < 1.29 is 12.9 Å². The van der Waals surface area contributed by atoms with Crippen LogP contribution in [0.5, 0.6) is 0 Å². The highest BCUT2D eigenvalue weighted by atomic mass is 32.2. The number of hydrogen-bond acceptors (Lipinski definition) is 6. The number of aryl methyl sites for hydroxylation is 1. The third kappa shape index (κ3) is 5.59. The summed E-state index contributed by atoms with van der Waals surface area (Å²) < 4.78 is 27.2. The second-order valence-corrected chi connectivity index (χ2v) is 6.70. The zero-order valence-electron chi connectivity index (χ0n) is 10.9. The van der Waals surface area contributed by atoms with E-state index in [-0.39, 0.29) is 11.6 Å². The molecule has 1 unspecified atom stereocenters. The van der Waals surface area contributed by atoms with Crippen LogP contribution in [0, 0.1) is 5.92 Å². The van der Waals surface area contributed by atoms with Crippen molar-refractivity contribution in [3.05, 3.63) is 11.7 Å². The van der Waals surface area contributed by atoms with Crippen molar-refractivity contribution in [3.8, 4) is 0 Å². The lowest BCUT2D eigenvalue weighted by Crippen LogP contribution is -2.09. The van der Waals surface area contributed by atoms with Crippen molar-refractivity contribution in [2.75, 3.05) is 12.8 Å². The quantitative estimate of drug-likeness (QED) is 0.757. The highest BCUT2D eigenvalue weighted by molar-refractivity contribution is 7.89. The average molecular weight is 275 g/mol. The molecule has 0 fully saturated rings. The van der Waals surface area contributed by atoms with Crippen molar-refractivity contribution in [1.82, 2.24) is 10.1 Å². The second-order valence-electron chi connectivity index (χ2n) is 4.56. The molecule has 6 nitrogen and oxygen atoms in total. The van der Waals surface area contributed by atoms with Gasteiger partial charge in [0.05, 0.1) is 0 Å². The summed E-state index contributed by atoms with van der Waals surface area (Å²) in [4.78, 5) is 4.07. The van der Waals surface area contributed by atoms with E-state index in [0.717, 1.165) is 25.5 Å². The minimum atomic E-state index is -3.11. The van der Waals surface area contributed by atoms with Gasteiger partial charge in [0.1, 0.15) is 5.75 Å². The van der Waals surface area contributed by atoms with Crippen LogP contribution in [0.15, 0.2) is 4.52 Å². The normalized spacial score (nSPS) is 13.7. The summed E-state index contributed by atoms with van der Waals surface area (Å²) in [6, 6.07) is 0. The summed E-state index contributed by atoms with van der Waals surface area (Å²) in [5, 5.41) is 3.66. The maximum atomic E-state index is 11.1. The topological polar surface area (TPSA) is 99.1 Å². The lowest BCUT2D eigenvalue weighted by Gasteiger charge is -2.11. The van der Waals surface area contributed by atoms with Gasteiger partial charge in [0.15, 0.2) is 15.7 Å². The fourth-order valence-electron chi connectivity index (χ4n) is 1.80. The largest absolute Gasteiger partial charge is 0.339 e. The molecule has 0 radical (unpaired) electrons. The van der Waals surface area contributed by atoms with E-state index in [1.807, 2.05) is 0 Å². The van der Waals surface area contributed by atoms with Crippen LogP contribution in [0.4, 0.5) is 0 Å². The SMILES string of the molecule is CCC(CCN)CCc1nc(CS(C)(=O)=O)no1. The molecule has 0 saturated heterocycles. The van der Waals surface area contributed by atoms with Gasteiger partial charge in [-0.05, 0) is 25.3 Å². The van der Waals surface area contributed by atoms with E-state index >= 15 is 0 Å². The summed E-state index contributed by atoms with van der Waals surface area (Å²) in [6.07, 6.45) is 4.82. The van der Waals surface area contributed by atoms with Gasteiger partial charge in [0.25, 0.3) is 0 Å². The Morgan fingerprint density at radius 1 is 1.39 bits per heavy atom. The van der Waals surface area contributed by atoms with Crippen LogP contribution in [0.2, 0.25) is 0 Å². The molecule has 0 aliphatic carbocycles. The molecule has 1 heterocycles. The molecule has 1 aromatic rings. The van der Waals surface area contributed by atoms with E-state index in [1.165, 1.54) is 0 Å². The summed E-state index contributed by atoms with van der Waals surface area (Å²) in [6.45, 7) is 2.81. The first-order valence-electron chi connectivity index (χ1n) is 6.13. The van der Waals surface area contributed by atoms with E-state index in [0.29, 0.717) is 24.8 Å². The van der Waals surface area contributed by atoms with Crippen LogP contribution in [-0.2, 0) is 22.0 Å². The molecule has 1 atom stereocenters. The van der Waals surface area contributed by atoms with Crippen LogP contribution in [0.25, 0.3) is 0 Å². The minimum absolute atomic E-state index is 0.170. The highest BCUT2D eigenvalue weighted by Gasteiger charge is 2.13. The zero-order chi connectivity index (χ0) is 13.6. The Bertz CT molecular complexity index is 456. The Balaban J connectivity index is 2.49. The predicted molar refractivity (Wildman–Crippen MR) is 68.6 cm³/mol. The van der Waals surface area contributed by atoms with Crippen LogP contribution in [0.3, 0.4) is 0 Å². The van der Waals surface area contributed by atoms with Gasteiger partial charge in [-0.3, -0.25) is 0 Å². The Hall–Kier alpha value is -0.950. The number of nitrogens with two attached hydrogens (primary N) is 1.